The maximum Gasteiger partial charge on any atom is 0.326 e. The van der Waals surface area contributed by atoms with E-state index in [-0.39, 0.29) is 11.8 Å². The number of carbonyl (C=O) groups excluding carboxylic acids is 1. The van der Waals surface area contributed by atoms with Crippen molar-refractivity contribution in [3.8, 4) is 11.4 Å². The molecule has 6 nitrogen and oxygen atoms in total. The highest BCUT2D eigenvalue weighted by molar-refractivity contribution is 6.01. The van der Waals surface area contributed by atoms with E-state index in [9.17, 15) is 9.18 Å². The van der Waals surface area contributed by atoms with Crippen LogP contribution in [-0.2, 0) is 6.42 Å². The molecule has 1 aromatic heterocycles. The van der Waals surface area contributed by atoms with Crippen LogP contribution in [-0.4, -0.2) is 16.2 Å². The van der Waals surface area contributed by atoms with Gasteiger partial charge in [-0.3, -0.25) is 4.90 Å². The van der Waals surface area contributed by atoms with Gasteiger partial charge >= 0.3 is 6.03 Å². The fraction of sp³-hybridized carbons (Fsp3) is 0.207. The molecule has 2 amide bonds. The summed E-state index contributed by atoms with van der Waals surface area (Å²) in [6.07, 6.45) is 0.921. The van der Waals surface area contributed by atoms with Gasteiger partial charge in [0.15, 0.2) is 0 Å². The minimum absolute atomic E-state index is 0.232. The Morgan fingerprint density at radius 3 is 2.28 bits per heavy atom. The number of amides is 2. The molecule has 0 bridgehead atoms. The molecule has 1 aliphatic rings. The summed E-state index contributed by atoms with van der Waals surface area (Å²) in [6.45, 7) is 8.00. The first-order valence-corrected chi connectivity index (χ1v) is 11.9. The van der Waals surface area contributed by atoms with Gasteiger partial charge < -0.3 is 9.84 Å². The van der Waals surface area contributed by atoms with E-state index < -0.39 is 6.04 Å². The zero-order valence-corrected chi connectivity index (χ0v) is 20.7. The highest BCUT2D eigenvalue weighted by Gasteiger charge is 2.36. The van der Waals surface area contributed by atoms with Crippen molar-refractivity contribution in [2.45, 2.75) is 40.2 Å². The SMILES string of the molecule is CCc1ccc(C2NC(=O)N(c3cc(C)cc(C)c3)C(C)=C2c2nc(-c3ccc(F)cc3)no2)cc1. The van der Waals surface area contributed by atoms with Gasteiger partial charge in [-0.25, -0.2) is 9.18 Å². The predicted molar refractivity (Wildman–Crippen MR) is 138 cm³/mol. The smallest absolute Gasteiger partial charge is 0.326 e. The van der Waals surface area contributed by atoms with Crippen LogP contribution in [0, 0.1) is 19.7 Å². The third-order valence-corrected chi connectivity index (χ3v) is 6.43. The molecule has 0 aliphatic carbocycles. The fourth-order valence-electron chi connectivity index (χ4n) is 4.66. The van der Waals surface area contributed by atoms with Crippen LogP contribution in [0.1, 0.15) is 48.0 Å². The van der Waals surface area contributed by atoms with Crippen LogP contribution in [0.5, 0.6) is 0 Å². The van der Waals surface area contributed by atoms with Gasteiger partial charge in [0.2, 0.25) is 5.82 Å². The van der Waals surface area contributed by atoms with Gasteiger partial charge in [0.25, 0.3) is 5.89 Å². The van der Waals surface area contributed by atoms with Crippen molar-refractivity contribution in [2.24, 2.45) is 0 Å². The van der Waals surface area contributed by atoms with Crippen molar-refractivity contribution in [2.75, 3.05) is 4.90 Å². The number of allylic oxidation sites excluding steroid dienone is 1. The quantitative estimate of drug-likeness (QED) is 0.341. The number of urea groups is 1. The Bertz CT molecular complexity index is 1440. The molecule has 1 unspecified atom stereocenters. The average molecular weight is 483 g/mol. The molecule has 4 aromatic rings. The number of hydrogen-bond donors (Lipinski definition) is 1. The lowest BCUT2D eigenvalue weighted by Crippen LogP contribution is -2.46. The van der Waals surface area contributed by atoms with E-state index in [1.165, 1.54) is 17.7 Å². The van der Waals surface area contributed by atoms with E-state index in [0.29, 0.717) is 28.5 Å². The van der Waals surface area contributed by atoms with Crippen molar-refractivity contribution in [1.29, 1.82) is 0 Å². The summed E-state index contributed by atoms with van der Waals surface area (Å²) in [6, 6.07) is 19.4. The van der Waals surface area contributed by atoms with Gasteiger partial charge in [0.05, 0.1) is 17.3 Å². The van der Waals surface area contributed by atoms with Crippen LogP contribution >= 0.6 is 0 Å². The Morgan fingerprint density at radius 2 is 1.64 bits per heavy atom. The summed E-state index contributed by atoms with van der Waals surface area (Å²) >= 11 is 0. The van der Waals surface area contributed by atoms with E-state index >= 15 is 0 Å². The van der Waals surface area contributed by atoms with Crippen LogP contribution < -0.4 is 10.2 Å². The molecule has 3 aromatic carbocycles. The molecule has 0 radical (unpaired) electrons. The van der Waals surface area contributed by atoms with Gasteiger partial charge in [0.1, 0.15) is 5.82 Å². The molecule has 0 spiro atoms. The van der Waals surface area contributed by atoms with Crippen molar-refractivity contribution in [1.82, 2.24) is 15.5 Å². The molecule has 0 fully saturated rings. The summed E-state index contributed by atoms with van der Waals surface area (Å²) in [5, 5.41) is 7.30. The van der Waals surface area contributed by atoms with Crippen LogP contribution in [0.3, 0.4) is 0 Å². The fourth-order valence-corrected chi connectivity index (χ4v) is 4.66. The monoisotopic (exact) mass is 482 g/mol. The van der Waals surface area contributed by atoms with Gasteiger partial charge in [-0.2, -0.15) is 4.98 Å². The maximum absolute atomic E-state index is 13.4. The topological polar surface area (TPSA) is 71.3 Å². The minimum Gasteiger partial charge on any atom is -0.334 e. The lowest BCUT2D eigenvalue weighted by Gasteiger charge is -2.35. The molecule has 0 saturated heterocycles. The summed E-state index contributed by atoms with van der Waals surface area (Å²) < 4.78 is 19.2. The highest BCUT2D eigenvalue weighted by atomic mass is 19.1. The molecule has 2 heterocycles. The van der Waals surface area contributed by atoms with Gasteiger partial charge in [0, 0.05) is 11.3 Å². The molecule has 1 atom stereocenters. The number of carbonyl (C=O) groups is 1. The second-order valence-electron chi connectivity index (χ2n) is 9.09. The summed E-state index contributed by atoms with van der Waals surface area (Å²) in [4.78, 5) is 19.7. The number of aryl methyl sites for hydroxylation is 3. The Kier molecular flexibility index (Phi) is 6.14. The maximum atomic E-state index is 13.4. The number of rotatable bonds is 5. The Balaban J connectivity index is 1.65. The van der Waals surface area contributed by atoms with Crippen molar-refractivity contribution in [3.05, 3.63) is 106 Å². The van der Waals surface area contributed by atoms with E-state index in [0.717, 1.165) is 28.8 Å². The molecule has 5 rings (SSSR count). The van der Waals surface area contributed by atoms with Crippen molar-refractivity contribution in [3.63, 3.8) is 0 Å². The van der Waals surface area contributed by atoms with Crippen LogP contribution in [0.25, 0.3) is 17.0 Å². The number of nitrogens with zero attached hydrogens (tertiary/aromatic N) is 3. The Labute approximate surface area is 209 Å². The first-order valence-electron chi connectivity index (χ1n) is 11.9. The second-order valence-corrected chi connectivity index (χ2v) is 9.09. The number of nitrogens with one attached hydrogen (secondary N) is 1. The van der Waals surface area contributed by atoms with Gasteiger partial charge in [-0.05, 0) is 85.8 Å². The van der Waals surface area contributed by atoms with E-state index in [1.807, 2.05) is 45.0 Å². The van der Waals surface area contributed by atoms with Gasteiger partial charge in [-0.15, -0.1) is 0 Å². The van der Waals surface area contributed by atoms with Gasteiger partial charge in [-0.1, -0.05) is 42.4 Å². The molecular weight excluding hydrogens is 455 g/mol. The normalized spacial score (nSPS) is 15.9. The van der Waals surface area contributed by atoms with Crippen LogP contribution in [0.4, 0.5) is 14.9 Å². The number of anilines is 1. The average Bonchev–Trinajstić information content (AvgIpc) is 3.33. The largest absolute Gasteiger partial charge is 0.334 e. The molecule has 36 heavy (non-hydrogen) atoms. The lowest BCUT2D eigenvalue weighted by molar-refractivity contribution is 0.244. The first kappa shape index (κ1) is 23.5. The molecule has 0 saturated carbocycles. The molecular formula is C29H27FN4O2. The summed E-state index contributed by atoms with van der Waals surface area (Å²) in [5.41, 5.74) is 7.04. The van der Waals surface area contributed by atoms with Crippen LogP contribution in [0.15, 0.2) is 77.0 Å². The van der Waals surface area contributed by atoms with Crippen molar-refractivity contribution >= 4 is 17.3 Å². The number of hydrogen-bond acceptors (Lipinski definition) is 4. The van der Waals surface area contributed by atoms with Crippen molar-refractivity contribution < 1.29 is 13.7 Å². The van der Waals surface area contributed by atoms with E-state index in [2.05, 4.69) is 40.6 Å². The predicted octanol–water partition coefficient (Wildman–Crippen LogP) is 6.76. The molecule has 1 aliphatic heterocycles. The molecule has 1 N–H and O–H groups in total. The highest BCUT2D eigenvalue weighted by Crippen LogP contribution is 2.39. The standard InChI is InChI=1S/C29H27FN4O2/c1-5-20-6-8-21(9-7-20)26-25(28-32-27(33-36-28)22-10-12-23(30)13-11-22)19(4)34(29(35)31-26)24-15-17(2)14-18(3)16-24/h6-16,26H,5H2,1-4H3,(H,31,35). The summed E-state index contributed by atoms with van der Waals surface area (Å²) in [5.74, 6) is 0.307. The lowest BCUT2D eigenvalue weighted by atomic mass is 9.93. The first-order chi connectivity index (χ1) is 17.3. The third kappa shape index (κ3) is 4.40. The minimum atomic E-state index is -0.480. The number of aromatic nitrogens is 2. The summed E-state index contributed by atoms with van der Waals surface area (Å²) in [7, 11) is 0. The number of halogens is 1. The Morgan fingerprint density at radius 1 is 0.972 bits per heavy atom. The molecule has 7 heteroatoms. The number of benzene rings is 3. The van der Waals surface area contributed by atoms with E-state index in [1.54, 1.807) is 17.0 Å². The third-order valence-electron chi connectivity index (χ3n) is 6.43. The second kappa shape index (κ2) is 9.41. The van der Waals surface area contributed by atoms with Crippen LogP contribution in [0.2, 0.25) is 0 Å². The zero-order valence-electron chi connectivity index (χ0n) is 20.7. The molecule has 182 valence electrons. The zero-order chi connectivity index (χ0) is 25.4. The Hall–Kier alpha value is -4.26. The van der Waals surface area contributed by atoms with E-state index in [4.69, 9.17) is 4.52 Å².